The van der Waals surface area contributed by atoms with E-state index < -0.39 is 0 Å². The standard InChI is InChI=1S/C14H19Br2N5O/c1-5-20-7-12(16)13(18-20)8-19(4)14(22)10(3)21-9(2)11(15)6-17-21/h6-7,10H,5,8H2,1-4H3. The number of carbonyl (C=O) groups is 1. The highest BCUT2D eigenvalue weighted by atomic mass is 79.9. The summed E-state index contributed by atoms with van der Waals surface area (Å²) in [7, 11) is 1.78. The van der Waals surface area contributed by atoms with Gasteiger partial charge in [-0.15, -0.1) is 0 Å². The van der Waals surface area contributed by atoms with E-state index in [1.54, 1.807) is 22.8 Å². The van der Waals surface area contributed by atoms with Crippen molar-refractivity contribution in [1.29, 1.82) is 0 Å². The molecule has 2 aromatic heterocycles. The van der Waals surface area contributed by atoms with Crippen LogP contribution >= 0.6 is 31.9 Å². The number of aryl methyl sites for hydroxylation is 1. The van der Waals surface area contributed by atoms with Crippen molar-refractivity contribution in [2.45, 2.75) is 39.9 Å². The Morgan fingerprint density at radius 3 is 2.59 bits per heavy atom. The van der Waals surface area contributed by atoms with E-state index in [2.05, 4.69) is 42.1 Å². The van der Waals surface area contributed by atoms with E-state index in [1.807, 2.05) is 31.6 Å². The zero-order chi connectivity index (χ0) is 16.4. The Kier molecular flexibility index (Phi) is 5.44. The van der Waals surface area contributed by atoms with Gasteiger partial charge in [-0.3, -0.25) is 14.2 Å². The van der Waals surface area contributed by atoms with Gasteiger partial charge in [0.05, 0.1) is 33.1 Å². The summed E-state index contributed by atoms with van der Waals surface area (Å²) < 4.78 is 5.39. The van der Waals surface area contributed by atoms with Crippen LogP contribution in [0.5, 0.6) is 0 Å². The lowest BCUT2D eigenvalue weighted by molar-refractivity contribution is -0.133. The van der Waals surface area contributed by atoms with Crippen molar-refractivity contribution in [3.8, 4) is 0 Å². The molecule has 6 nitrogen and oxygen atoms in total. The molecule has 120 valence electrons. The van der Waals surface area contributed by atoms with Crippen molar-refractivity contribution in [2.75, 3.05) is 7.05 Å². The van der Waals surface area contributed by atoms with Crippen molar-refractivity contribution in [1.82, 2.24) is 24.5 Å². The van der Waals surface area contributed by atoms with Crippen molar-refractivity contribution in [2.24, 2.45) is 0 Å². The minimum atomic E-state index is -0.358. The molecule has 0 saturated carbocycles. The summed E-state index contributed by atoms with van der Waals surface area (Å²) in [6.45, 7) is 7.06. The summed E-state index contributed by atoms with van der Waals surface area (Å²) in [5.74, 6) is -0.00310. The summed E-state index contributed by atoms with van der Waals surface area (Å²) in [4.78, 5) is 14.3. The average Bonchev–Trinajstić information content (AvgIpc) is 3.01. The minimum absolute atomic E-state index is 0.00310. The zero-order valence-electron chi connectivity index (χ0n) is 13.0. The number of carbonyl (C=O) groups excluding carboxylic acids is 1. The van der Waals surface area contributed by atoms with Crippen molar-refractivity contribution < 1.29 is 4.79 Å². The molecular weight excluding hydrogens is 414 g/mol. The number of hydrogen-bond acceptors (Lipinski definition) is 3. The Bertz CT molecular complexity index is 679. The second-order valence-corrected chi connectivity index (χ2v) is 6.88. The number of nitrogens with zero attached hydrogens (tertiary/aromatic N) is 5. The predicted octanol–water partition coefficient (Wildman–Crippen LogP) is 3.15. The highest BCUT2D eigenvalue weighted by Crippen LogP contribution is 2.21. The Balaban J connectivity index is 2.11. The molecule has 0 aliphatic heterocycles. The maximum atomic E-state index is 12.6. The molecule has 2 aromatic rings. The fourth-order valence-corrected chi connectivity index (χ4v) is 2.94. The molecule has 0 aliphatic carbocycles. The summed E-state index contributed by atoms with van der Waals surface area (Å²) >= 11 is 6.90. The Morgan fingerprint density at radius 2 is 2.09 bits per heavy atom. The van der Waals surface area contributed by atoms with Crippen molar-refractivity contribution >= 4 is 37.8 Å². The number of rotatable bonds is 5. The van der Waals surface area contributed by atoms with Crippen LogP contribution in [0, 0.1) is 6.92 Å². The van der Waals surface area contributed by atoms with Gasteiger partial charge in [0.1, 0.15) is 6.04 Å². The van der Waals surface area contributed by atoms with Crippen LogP contribution in [0.3, 0.4) is 0 Å². The van der Waals surface area contributed by atoms with Crippen LogP contribution in [-0.2, 0) is 17.9 Å². The van der Waals surface area contributed by atoms with Gasteiger partial charge in [0.2, 0.25) is 5.91 Å². The molecule has 0 saturated heterocycles. The van der Waals surface area contributed by atoms with Gasteiger partial charge in [0.15, 0.2) is 0 Å². The highest BCUT2D eigenvalue weighted by molar-refractivity contribution is 9.10. The van der Waals surface area contributed by atoms with E-state index in [4.69, 9.17) is 0 Å². The molecule has 0 N–H and O–H groups in total. The third-order valence-electron chi connectivity index (χ3n) is 3.58. The van der Waals surface area contributed by atoms with E-state index in [1.165, 1.54) is 0 Å². The first-order valence-electron chi connectivity index (χ1n) is 7.01. The number of aromatic nitrogens is 4. The van der Waals surface area contributed by atoms with Gasteiger partial charge in [0, 0.05) is 19.8 Å². The molecule has 0 radical (unpaired) electrons. The van der Waals surface area contributed by atoms with E-state index in [-0.39, 0.29) is 11.9 Å². The molecule has 1 atom stereocenters. The normalized spacial score (nSPS) is 12.5. The maximum absolute atomic E-state index is 12.6. The molecule has 0 fully saturated rings. The summed E-state index contributed by atoms with van der Waals surface area (Å²) in [5, 5.41) is 8.70. The topological polar surface area (TPSA) is 56.0 Å². The van der Waals surface area contributed by atoms with E-state index in [0.717, 1.165) is 26.9 Å². The fourth-order valence-electron chi connectivity index (χ4n) is 2.23. The molecule has 0 bridgehead atoms. The lowest BCUT2D eigenvalue weighted by atomic mass is 10.2. The third-order valence-corrected chi connectivity index (χ3v) is 5.02. The predicted molar refractivity (Wildman–Crippen MR) is 91.5 cm³/mol. The molecule has 0 aromatic carbocycles. The molecule has 22 heavy (non-hydrogen) atoms. The van der Waals surface area contributed by atoms with Gasteiger partial charge in [-0.2, -0.15) is 10.2 Å². The Morgan fingerprint density at radius 1 is 1.41 bits per heavy atom. The van der Waals surface area contributed by atoms with Crippen LogP contribution in [0.1, 0.15) is 31.3 Å². The fraction of sp³-hybridized carbons (Fsp3) is 0.500. The molecule has 0 aliphatic rings. The molecule has 2 heterocycles. The smallest absolute Gasteiger partial charge is 0.247 e. The zero-order valence-corrected chi connectivity index (χ0v) is 16.2. The van der Waals surface area contributed by atoms with Crippen LogP contribution in [0.2, 0.25) is 0 Å². The monoisotopic (exact) mass is 431 g/mol. The number of amides is 1. The maximum Gasteiger partial charge on any atom is 0.247 e. The first-order chi connectivity index (χ1) is 10.3. The molecule has 0 spiro atoms. The van der Waals surface area contributed by atoms with Gasteiger partial charge in [0.25, 0.3) is 0 Å². The Labute approximate surface area is 146 Å². The van der Waals surface area contributed by atoms with Gasteiger partial charge in [-0.1, -0.05) is 0 Å². The quantitative estimate of drug-likeness (QED) is 0.729. The summed E-state index contributed by atoms with van der Waals surface area (Å²) in [5.41, 5.74) is 1.79. The number of hydrogen-bond donors (Lipinski definition) is 0. The second kappa shape index (κ2) is 6.95. The van der Waals surface area contributed by atoms with Gasteiger partial charge < -0.3 is 4.90 Å². The van der Waals surface area contributed by atoms with E-state index in [0.29, 0.717) is 6.54 Å². The average molecular weight is 433 g/mol. The highest BCUT2D eigenvalue weighted by Gasteiger charge is 2.23. The van der Waals surface area contributed by atoms with Crippen LogP contribution in [0.25, 0.3) is 0 Å². The van der Waals surface area contributed by atoms with E-state index in [9.17, 15) is 4.79 Å². The Hall–Kier alpha value is -1.15. The van der Waals surface area contributed by atoms with Crippen LogP contribution in [0.15, 0.2) is 21.3 Å². The van der Waals surface area contributed by atoms with E-state index >= 15 is 0 Å². The van der Waals surface area contributed by atoms with Crippen LogP contribution in [0.4, 0.5) is 0 Å². The first kappa shape index (κ1) is 17.2. The summed E-state index contributed by atoms with van der Waals surface area (Å²) in [6.07, 6.45) is 3.63. The largest absolute Gasteiger partial charge is 0.338 e. The lowest BCUT2D eigenvalue weighted by Gasteiger charge is -2.22. The molecular formula is C14H19Br2N5O. The van der Waals surface area contributed by atoms with Crippen LogP contribution < -0.4 is 0 Å². The van der Waals surface area contributed by atoms with Crippen LogP contribution in [-0.4, -0.2) is 37.4 Å². The van der Waals surface area contributed by atoms with Gasteiger partial charge in [-0.25, -0.2) is 0 Å². The third kappa shape index (κ3) is 3.43. The van der Waals surface area contributed by atoms with Crippen molar-refractivity contribution in [3.05, 3.63) is 32.7 Å². The van der Waals surface area contributed by atoms with Gasteiger partial charge in [-0.05, 0) is 52.6 Å². The van der Waals surface area contributed by atoms with Gasteiger partial charge >= 0.3 is 0 Å². The second-order valence-electron chi connectivity index (χ2n) is 5.17. The lowest BCUT2D eigenvalue weighted by Crippen LogP contribution is -2.33. The number of halogens is 2. The first-order valence-corrected chi connectivity index (χ1v) is 8.60. The van der Waals surface area contributed by atoms with Crippen molar-refractivity contribution in [3.63, 3.8) is 0 Å². The molecule has 1 unspecified atom stereocenters. The molecule has 8 heteroatoms. The summed E-state index contributed by atoms with van der Waals surface area (Å²) in [6, 6.07) is -0.358. The minimum Gasteiger partial charge on any atom is -0.338 e. The molecule has 2 rings (SSSR count). The number of likely N-dealkylation sites (N-methyl/N-ethyl adjacent to an activating group) is 1. The molecule has 1 amide bonds. The SMILES string of the molecule is CCn1cc(Br)c(CN(C)C(=O)C(C)n2ncc(Br)c2C)n1.